The number of carbonyl (C=O) groups excluding carboxylic acids is 3. The first-order valence-electron chi connectivity index (χ1n) is 8.59. The van der Waals surface area contributed by atoms with E-state index in [4.69, 9.17) is 9.47 Å². The summed E-state index contributed by atoms with van der Waals surface area (Å²) in [6.07, 6.45) is 3.62. The molecule has 0 radical (unpaired) electrons. The first kappa shape index (κ1) is 21.0. The van der Waals surface area contributed by atoms with Crippen molar-refractivity contribution in [1.29, 1.82) is 0 Å². The molecule has 1 aromatic rings. The third-order valence-electron chi connectivity index (χ3n) is 4.15. The lowest BCUT2D eigenvalue weighted by Crippen LogP contribution is -2.53. The summed E-state index contributed by atoms with van der Waals surface area (Å²) in [7, 11) is 2.73. The molecule has 1 aliphatic rings. The summed E-state index contributed by atoms with van der Waals surface area (Å²) in [5, 5.41) is 4.83. The summed E-state index contributed by atoms with van der Waals surface area (Å²) in [5.74, 6) is -1.99. The Morgan fingerprint density at radius 1 is 1.14 bits per heavy atom. The van der Waals surface area contributed by atoms with Crippen LogP contribution in [-0.4, -0.2) is 44.1 Å². The van der Waals surface area contributed by atoms with Gasteiger partial charge in [-0.1, -0.05) is 0 Å². The van der Waals surface area contributed by atoms with Crippen molar-refractivity contribution in [2.45, 2.75) is 26.3 Å². The molecule has 150 valence electrons. The van der Waals surface area contributed by atoms with Gasteiger partial charge in [-0.25, -0.2) is 4.79 Å². The minimum absolute atomic E-state index is 0.380. The molecular weight excluding hydrogens is 364 g/mol. The second kappa shape index (κ2) is 8.60. The molecule has 28 heavy (non-hydrogen) atoms. The summed E-state index contributed by atoms with van der Waals surface area (Å²) < 4.78 is 15.3. The van der Waals surface area contributed by atoms with Gasteiger partial charge in [0.1, 0.15) is 17.9 Å². The number of anilines is 1. The zero-order chi connectivity index (χ0) is 20.9. The summed E-state index contributed by atoms with van der Waals surface area (Å²) in [4.78, 5) is 35.9. The van der Waals surface area contributed by atoms with Gasteiger partial charge < -0.3 is 24.8 Å². The van der Waals surface area contributed by atoms with Gasteiger partial charge >= 0.3 is 17.8 Å². The topological polar surface area (TPSA) is 103 Å². The molecule has 0 saturated carbocycles. The lowest BCUT2D eigenvalue weighted by Gasteiger charge is -2.22. The minimum atomic E-state index is -1.33. The Hall–Kier alpha value is -3.29. The van der Waals surface area contributed by atoms with Crippen molar-refractivity contribution >= 4 is 29.0 Å². The largest absolute Gasteiger partial charge is 0.497 e. The summed E-state index contributed by atoms with van der Waals surface area (Å²) in [5.41, 5.74) is 1.81. The second-order valence-electron chi connectivity index (χ2n) is 6.69. The molecule has 1 heterocycles. The van der Waals surface area contributed by atoms with Crippen molar-refractivity contribution < 1.29 is 28.6 Å². The van der Waals surface area contributed by atoms with Crippen molar-refractivity contribution in [3.05, 3.63) is 41.7 Å². The van der Waals surface area contributed by atoms with Gasteiger partial charge in [0, 0.05) is 17.3 Å². The molecule has 8 nitrogen and oxygen atoms in total. The fraction of sp³-hybridized carbons (Fsp3) is 0.350. The maximum absolute atomic E-state index is 12.2. The quantitative estimate of drug-likeness (QED) is 0.591. The number of carbonyl (C=O) groups is 3. The van der Waals surface area contributed by atoms with Crippen LogP contribution < -0.4 is 15.4 Å². The Labute approximate surface area is 163 Å². The average molecular weight is 388 g/mol. The summed E-state index contributed by atoms with van der Waals surface area (Å²) in [6, 6.07) is 5.08. The zero-order valence-corrected chi connectivity index (χ0v) is 16.5. The number of benzene rings is 1. The van der Waals surface area contributed by atoms with Crippen LogP contribution in [0, 0.1) is 0 Å². The molecule has 2 N–H and O–H groups in total. The first-order valence-corrected chi connectivity index (χ1v) is 8.59. The molecule has 0 bridgehead atoms. The van der Waals surface area contributed by atoms with Crippen molar-refractivity contribution in [2.75, 3.05) is 26.1 Å². The molecule has 0 atom stereocenters. The Balaban J connectivity index is 2.15. The van der Waals surface area contributed by atoms with E-state index >= 15 is 0 Å². The number of amides is 2. The van der Waals surface area contributed by atoms with Gasteiger partial charge in [-0.05, 0) is 50.1 Å². The molecule has 0 spiro atoms. The third kappa shape index (κ3) is 4.70. The number of allylic oxidation sites excluding steroid dienone is 2. The highest BCUT2D eigenvalue weighted by atomic mass is 16.5. The highest BCUT2D eigenvalue weighted by Gasteiger charge is 2.32. The van der Waals surface area contributed by atoms with Crippen LogP contribution in [0.4, 0.5) is 5.69 Å². The van der Waals surface area contributed by atoms with Crippen LogP contribution in [0.25, 0.3) is 5.57 Å². The van der Waals surface area contributed by atoms with E-state index in [9.17, 15) is 14.4 Å². The Morgan fingerprint density at radius 2 is 1.86 bits per heavy atom. The number of nitrogens with one attached hydrogen (secondary N) is 2. The Kier molecular flexibility index (Phi) is 6.45. The van der Waals surface area contributed by atoms with E-state index in [1.807, 2.05) is 13.0 Å². The number of ether oxygens (including phenoxy) is 3. The predicted octanol–water partition coefficient (Wildman–Crippen LogP) is 2.02. The van der Waals surface area contributed by atoms with Gasteiger partial charge in [0.05, 0.1) is 20.5 Å². The van der Waals surface area contributed by atoms with Crippen LogP contribution in [-0.2, 0) is 23.9 Å². The molecule has 0 fully saturated rings. The van der Waals surface area contributed by atoms with Crippen LogP contribution in [0.1, 0.15) is 26.3 Å². The summed E-state index contributed by atoms with van der Waals surface area (Å²) in [6.45, 7) is 5.27. The molecular formula is C20H24N2O6. The maximum atomic E-state index is 12.2. The highest BCUT2D eigenvalue weighted by Crippen LogP contribution is 2.34. The number of esters is 1. The smallest absolute Gasteiger partial charge is 0.330 e. The Morgan fingerprint density at radius 3 is 2.46 bits per heavy atom. The molecule has 2 amide bonds. The normalized spacial score (nSPS) is 13.5. The third-order valence-corrected chi connectivity index (χ3v) is 4.15. The predicted molar refractivity (Wildman–Crippen MR) is 104 cm³/mol. The lowest BCUT2D eigenvalue weighted by molar-refractivity contribution is -0.150. The Bertz CT molecular complexity index is 854. The maximum Gasteiger partial charge on any atom is 0.330 e. The summed E-state index contributed by atoms with van der Waals surface area (Å²) >= 11 is 0. The van der Waals surface area contributed by atoms with E-state index in [-0.39, 0.29) is 0 Å². The molecule has 0 saturated heterocycles. The highest BCUT2D eigenvalue weighted by molar-refractivity contribution is 6.40. The van der Waals surface area contributed by atoms with Crippen LogP contribution in [0.15, 0.2) is 36.1 Å². The molecule has 1 aromatic carbocycles. The van der Waals surface area contributed by atoms with Crippen molar-refractivity contribution in [1.82, 2.24) is 5.32 Å². The number of methoxy groups -OCH3 is 2. The lowest BCUT2D eigenvalue weighted by atomic mass is 9.97. The van der Waals surface area contributed by atoms with Crippen LogP contribution in [0.3, 0.4) is 0 Å². The van der Waals surface area contributed by atoms with Gasteiger partial charge in [0.15, 0.2) is 0 Å². The van der Waals surface area contributed by atoms with E-state index in [1.54, 1.807) is 24.5 Å². The SMILES string of the molecule is COC(=O)C(C)(C)NC(=O)C(=O)Nc1ccc(C2=CCOC=C2C)c(OC)c1. The number of hydrogen-bond acceptors (Lipinski definition) is 6. The molecule has 1 aliphatic heterocycles. The van der Waals surface area contributed by atoms with Gasteiger partial charge in [0.25, 0.3) is 0 Å². The molecule has 8 heteroatoms. The number of hydrogen-bond donors (Lipinski definition) is 2. The molecule has 0 unspecified atom stereocenters. The standard InChI is InChI=1S/C20H24N2O6/c1-12-11-28-9-8-14(12)15-7-6-13(10-16(15)26-4)21-17(23)18(24)22-20(2,3)19(25)27-5/h6-8,10-11H,9H2,1-5H3,(H,21,23)(H,22,24). The second-order valence-corrected chi connectivity index (χ2v) is 6.69. The van der Waals surface area contributed by atoms with Gasteiger partial charge in [-0.2, -0.15) is 0 Å². The minimum Gasteiger partial charge on any atom is -0.497 e. The van der Waals surface area contributed by atoms with E-state index in [0.717, 1.165) is 16.7 Å². The van der Waals surface area contributed by atoms with Gasteiger partial charge in [-0.15, -0.1) is 0 Å². The van der Waals surface area contributed by atoms with E-state index in [2.05, 4.69) is 15.4 Å². The number of rotatable bonds is 5. The van der Waals surface area contributed by atoms with Crippen molar-refractivity contribution in [3.63, 3.8) is 0 Å². The molecule has 0 aromatic heterocycles. The first-order chi connectivity index (χ1) is 13.2. The fourth-order valence-corrected chi connectivity index (χ4v) is 2.68. The van der Waals surface area contributed by atoms with E-state index < -0.39 is 23.3 Å². The molecule has 2 rings (SSSR count). The van der Waals surface area contributed by atoms with Crippen LogP contribution >= 0.6 is 0 Å². The van der Waals surface area contributed by atoms with Crippen LogP contribution in [0.5, 0.6) is 5.75 Å². The monoisotopic (exact) mass is 388 g/mol. The van der Waals surface area contributed by atoms with Gasteiger partial charge in [-0.3, -0.25) is 9.59 Å². The fourth-order valence-electron chi connectivity index (χ4n) is 2.68. The van der Waals surface area contributed by atoms with Crippen molar-refractivity contribution in [3.8, 4) is 5.75 Å². The zero-order valence-electron chi connectivity index (χ0n) is 16.5. The van der Waals surface area contributed by atoms with E-state index in [0.29, 0.717) is 18.0 Å². The van der Waals surface area contributed by atoms with Gasteiger partial charge in [0.2, 0.25) is 0 Å². The van der Waals surface area contributed by atoms with E-state index in [1.165, 1.54) is 28.1 Å². The average Bonchev–Trinajstić information content (AvgIpc) is 2.67. The molecule has 0 aliphatic carbocycles. The van der Waals surface area contributed by atoms with Crippen LogP contribution in [0.2, 0.25) is 0 Å². The van der Waals surface area contributed by atoms with Crippen molar-refractivity contribution in [2.24, 2.45) is 0 Å².